The molecule has 3 N–H and O–H groups in total. The normalized spacial score (nSPS) is 16.3. The quantitative estimate of drug-likeness (QED) is 0.259. The fraction of sp³-hybridized carbons (Fsp3) is 0.129. The Hall–Kier alpha value is -5.15. The lowest BCUT2D eigenvalue weighted by molar-refractivity contribution is 0.0704. The van der Waals surface area contributed by atoms with Crippen LogP contribution in [-0.2, 0) is 5.72 Å². The largest absolute Gasteiger partial charge is 0.465 e. The molecule has 1 aliphatic heterocycles. The summed E-state index contributed by atoms with van der Waals surface area (Å²) in [6, 6.07) is 29.7. The van der Waals surface area contributed by atoms with E-state index in [4.69, 9.17) is 0 Å². The predicted molar refractivity (Wildman–Crippen MR) is 154 cm³/mol. The molecule has 0 aliphatic carbocycles. The molecule has 200 valence electrons. The molecule has 6 rings (SSSR count). The summed E-state index contributed by atoms with van der Waals surface area (Å²) in [5.74, 6) is -0.175. The molecule has 2 amide bonds. The molecular formula is C31H27N5O4. The zero-order valence-corrected chi connectivity index (χ0v) is 21.9. The van der Waals surface area contributed by atoms with Crippen molar-refractivity contribution in [3.05, 3.63) is 114 Å². The van der Waals surface area contributed by atoms with E-state index in [0.717, 1.165) is 16.3 Å². The first kappa shape index (κ1) is 25.1. The van der Waals surface area contributed by atoms with Gasteiger partial charge in [-0.1, -0.05) is 48.5 Å². The van der Waals surface area contributed by atoms with Crippen LogP contribution >= 0.6 is 0 Å². The van der Waals surface area contributed by atoms with Crippen LogP contribution in [-0.4, -0.2) is 45.8 Å². The van der Waals surface area contributed by atoms with Crippen LogP contribution in [0.1, 0.15) is 28.4 Å². The second-order valence-corrected chi connectivity index (χ2v) is 9.59. The van der Waals surface area contributed by atoms with Crippen LogP contribution in [0.15, 0.2) is 97.1 Å². The number of nitrogens with one attached hydrogen (secondary N) is 1. The fourth-order valence-electron chi connectivity index (χ4n) is 5.33. The number of carbonyl (C=O) groups excluding carboxylic acids is 1. The topological polar surface area (TPSA) is 113 Å². The maximum absolute atomic E-state index is 13.9. The summed E-state index contributed by atoms with van der Waals surface area (Å²) in [5.41, 5.74) is 2.93. The highest BCUT2D eigenvalue weighted by molar-refractivity contribution is 6.12. The van der Waals surface area contributed by atoms with Crippen LogP contribution in [0.25, 0.3) is 11.0 Å². The van der Waals surface area contributed by atoms with E-state index >= 15 is 0 Å². The summed E-state index contributed by atoms with van der Waals surface area (Å²) in [6.45, 7) is 2.76. The van der Waals surface area contributed by atoms with Gasteiger partial charge in [-0.15, -0.1) is 0 Å². The van der Waals surface area contributed by atoms with Crippen LogP contribution in [0.5, 0.6) is 0 Å². The number of para-hydroxylation sites is 1. The molecule has 0 radical (unpaired) electrons. The Morgan fingerprint density at radius 2 is 1.68 bits per heavy atom. The van der Waals surface area contributed by atoms with Gasteiger partial charge in [0.25, 0.3) is 5.91 Å². The van der Waals surface area contributed by atoms with Crippen molar-refractivity contribution >= 4 is 46.0 Å². The van der Waals surface area contributed by atoms with E-state index in [1.807, 2.05) is 54.6 Å². The molecule has 0 saturated heterocycles. The minimum absolute atomic E-state index is 0.152. The lowest BCUT2D eigenvalue weighted by Gasteiger charge is -2.35. The summed E-state index contributed by atoms with van der Waals surface area (Å²) in [4.78, 5) is 37.3. The van der Waals surface area contributed by atoms with Crippen molar-refractivity contribution in [3.63, 3.8) is 0 Å². The number of hydrogen-bond acceptors (Lipinski definition) is 5. The van der Waals surface area contributed by atoms with E-state index in [1.165, 1.54) is 11.9 Å². The van der Waals surface area contributed by atoms with Crippen LogP contribution in [0.4, 0.5) is 27.8 Å². The van der Waals surface area contributed by atoms with Crippen molar-refractivity contribution in [2.75, 3.05) is 28.3 Å². The number of nitrogens with zero attached hydrogens (tertiary/aromatic N) is 4. The number of carbonyl (C=O) groups is 2. The molecule has 5 aromatic rings. The SMILES string of the molecule is CCN(c1ccccc1)c1cccc(N2C(=O)c3ccccc3C2(O)c2ccc3[nH]c(N(C)C(=O)O)nc3c2)c1. The highest BCUT2D eigenvalue weighted by Crippen LogP contribution is 2.46. The number of fused-ring (bicyclic) bond motifs is 2. The molecule has 0 spiro atoms. The maximum Gasteiger partial charge on any atom is 0.413 e. The summed E-state index contributed by atoms with van der Waals surface area (Å²) in [5, 5.41) is 21.9. The van der Waals surface area contributed by atoms with Gasteiger partial charge in [0.15, 0.2) is 5.72 Å². The van der Waals surface area contributed by atoms with Gasteiger partial charge in [-0.05, 0) is 55.5 Å². The van der Waals surface area contributed by atoms with Crippen LogP contribution in [0.3, 0.4) is 0 Å². The van der Waals surface area contributed by atoms with Gasteiger partial charge in [0, 0.05) is 47.3 Å². The monoisotopic (exact) mass is 533 g/mol. The lowest BCUT2D eigenvalue weighted by atomic mass is 9.93. The van der Waals surface area contributed by atoms with Gasteiger partial charge in [0.2, 0.25) is 5.95 Å². The molecule has 0 saturated carbocycles. The molecule has 1 aromatic heterocycles. The average Bonchev–Trinajstić information content (AvgIpc) is 3.50. The lowest BCUT2D eigenvalue weighted by Crippen LogP contribution is -2.45. The van der Waals surface area contributed by atoms with E-state index in [0.29, 0.717) is 40.0 Å². The van der Waals surface area contributed by atoms with Crippen molar-refractivity contribution in [2.45, 2.75) is 12.6 Å². The summed E-state index contributed by atoms with van der Waals surface area (Å²) < 4.78 is 0. The minimum atomic E-state index is -1.83. The molecule has 4 aromatic carbocycles. The Balaban J connectivity index is 1.49. The molecule has 0 bridgehead atoms. The third-order valence-electron chi connectivity index (χ3n) is 7.32. The first-order chi connectivity index (χ1) is 19.3. The number of rotatable bonds is 6. The maximum atomic E-state index is 13.9. The Morgan fingerprint density at radius 3 is 2.42 bits per heavy atom. The Labute approximate surface area is 230 Å². The van der Waals surface area contributed by atoms with E-state index < -0.39 is 11.8 Å². The molecule has 0 fully saturated rings. The van der Waals surface area contributed by atoms with Gasteiger partial charge in [0.1, 0.15) is 0 Å². The molecule has 1 atom stereocenters. The minimum Gasteiger partial charge on any atom is -0.465 e. The van der Waals surface area contributed by atoms with Gasteiger partial charge in [-0.2, -0.15) is 0 Å². The second-order valence-electron chi connectivity index (χ2n) is 9.59. The first-order valence-corrected chi connectivity index (χ1v) is 12.9. The molecule has 40 heavy (non-hydrogen) atoms. The van der Waals surface area contributed by atoms with Crippen LogP contribution in [0.2, 0.25) is 0 Å². The Morgan fingerprint density at radius 1 is 0.950 bits per heavy atom. The number of anilines is 4. The van der Waals surface area contributed by atoms with E-state index in [1.54, 1.807) is 42.5 Å². The number of H-pyrrole nitrogens is 1. The van der Waals surface area contributed by atoms with Crippen LogP contribution in [0, 0.1) is 0 Å². The third-order valence-corrected chi connectivity index (χ3v) is 7.32. The molecule has 9 heteroatoms. The first-order valence-electron chi connectivity index (χ1n) is 12.9. The number of hydrogen-bond donors (Lipinski definition) is 3. The number of aromatic amines is 1. The standard InChI is InChI=1S/C31H27N5O4/c1-3-35(21-10-5-4-6-11-21)22-12-9-13-23(19-22)36-28(37)24-14-7-8-15-25(24)31(36,40)20-16-17-26-27(18-20)33-29(32-26)34(2)30(38)39/h4-19,40H,3H2,1-2H3,(H,32,33)(H,38,39). The average molecular weight is 534 g/mol. The highest BCUT2D eigenvalue weighted by Gasteiger charge is 2.50. The number of aromatic nitrogens is 2. The number of benzene rings is 4. The third kappa shape index (κ3) is 3.87. The number of aliphatic hydroxyl groups is 1. The molecule has 9 nitrogen and oxygen atoms in total. The molecule has 1 aliphatic rings. The van der Waals surface area contributed by atoms with Gasteiger partial charge >= 0.3 is 6.09 Å². The number of carboxylic acid groups (broad SMARTS) is 1. The van der Waals surface area contributed by atoms with Crippen molar-refractivity contribution in [1.82, 2.24) is 9.97 Å². The molecular weight excluding hydrogens is 506 g/mol. The zero-order chi connectivity index (χ0) is 28.0. The highest BCUT2D eigenvalue weighted by atomic mass is 16.4. The van der Waals surface area contributed by atoms with Crippen molar-refractivity contribution in [1.29, 1.82) is 0 Å². The van der Waals surface area contributed by atoms with Crippen molar-refractivity contribution < 1.29 is 19.8 Å². The van der Waals surface area contributed by atoms with Gasteiger partial charge < -0.3 is 20.1 Å². The smallest absolute Gasteiger partial charge is 0.413 e. The van der Waals surface area contributed by atoms with Crippen molar-refractivity contribution in [2.24, 2.45) is 0 Å². The van der Waals surface area contributed by atoms with E-state index in [2.05, 4.69) is 21.8 Å². The van der Waals surface area contributed by atoms with Gasteiger partial charge in [-0.25, -0.2) is 9.78 Å². The van der Waals surface area contributed by atoms with Crippen molar-refractivity contribution in [3.8, 4) is 0 Å². The van der Waals surface area contributed by atoms with Crippen LogP contribution < -0.4 is 14.7 Å². The van der Waals surface area contributed by atoms with E-state index in [-0.39, 0.29) is 11.9 Å². The predicted octanol–water partition coefficient (Wildman–Crippen LogP) is 5.69. The molecule has 1 unspecified atom stereocenters. The van der Waals surface area contributed by atoms with Gasteiger partial charge in [0.05, 0.1) is 11.0 Å². The molecule has 2 heterocycles. The summed E-state index contributed by atoms with van der Waals surface area (Å²) in [6.07, 6.45) is -1.16. The Bertz CT molecular complexity index is 1750. The summed E-state index contributed by atoms with van der Waals surface area (Å²) in [7, 11) is 1.39. The Kier molecular flexibility index (Phi) is 6.00. The second kappa shape index (κ2) is 9.55. The fourth-order valence-corrected chi connectivity index (χ4v) is 5.33. The zero-order valence-electron chi connectivity index (χ0n) is 21.9. The number of imidazole rings is 1. The van der Waals surface area contributed by atoms with E-state index in [9.17, 15) is 19.8 Å². The van der Waals surface area contributed by atoms with Gasteiger partial charge in [-0.3, -0.25) is 14.6 Å². The summed E-state index contributed by atoms with van der Waals surface area (Å²) >= 11 is 0. The number of amides is 2.